The molecule has 0 radical (unpaired) electrons. The third-order valence-electron chi connectivity index (χ3n) is 5.52. The molecule has 2 aromatic heterocycles. The first-order chi connectivity index (χ1) is 14.7. The minimum atomic E-state index is -0.290. The Morgan fingerprint density at radius 3 is 2.77 bits per heavy atom. The van der Waals surface area contributed by atoms with Gasteiger partial charge in [0.05, 0.1) is 17.8 Å². The molecule has 1 N–H and O–H groups in total. The highest BCUT2D eigenvalue weighted by atomic mass is 19.1. The zero-order chi connectivity index (χ0) is 20.2. The summed E-state index contributed by atoms with van der Waals surface area (Å²) in [5, 5.41) is 2.01. The number of nitrogens with zero attached hydrogens (tertiary/aromatic N) is 3. The average molecular weight is 402 g/mol. The molecule has 4 aromatic rings. The third kappa shape index (κ3) is 2.51. The Morgan fingerprint density at radius 2 is 1.87 bits per heavy atom. The fourth-order valence-electron chi connectivity index (χ4n) is 4.19. The molecule has 2 aliphatic rings. The van der Waals surface area contributed by atoms with Gasteiger partial charge in [-0.2, -0.15) is 0 Å². The number of hydrogen-bond acceptors (Lipinski definition) is 5. The summed E-state index contributed by atoms with van der Waals surface area (Å²) in [5.74, 6) is 2.03. The molecule has 0 amide bonds. The van der Waals surface area contributed by atoms with Crippen molar-refractivity contribution in [3.8, 4) is 22.8 Å². The molecule has 2 aromatic carbocycles. The molecule has 0 bridgehead atoms. The summed E-state index contributed by atoms with van der Waals surface area (Å²) in [5.41, 5.74) is 8.06. The van der Waals surface area contributed by atoms with Gasteiger partial charge in [-0.15, -0.1) is 0 Å². The van der Waals surface area contributed by atoms with Gasteiger partial charge in [0.25, 0.3) is 0 Å². The predicted molar refractivity (Wildman–Crippen MR) is 113 cm³/mol. The van der Waals surface area contributed by atoms with Gasteiger partial charge in [0.2, 0.25) is 0 Å². The molecule has 7 heteroatoms. The summed E-state index contributed by atoms with van der Waals surface area (Å²) in [6, 6.07) is 16.9. The minimum Gasteiger partial charge on any atom is -0.486 e. The lowest BCUT2D eigenvalue weighted by atomic mass is 10.1. The van der Waals surface area contributed by atoms with Crippen LogP contribution in [0.5, 0.6) is 11.5 Å². The number of ether oxygens (including phenoxy) is 2. The van der Waals surface area contributed by atoms with Crippen molar-refractivity contribution in [2.45, 2.75) is 13.5 Å². The number of anilines is 2. The van der Waals surface area contributed by atoms with Crippen molar-refractivity contribution in [2.24, 2.45) is 0 Å². The molecular formula is C23H19FN4O2. The van der Waals surface area contributed by atoms with E-state index in [4.69, 9.17) is 14.5 Å². The van der Waals surface area contributed by atoms with Crippen molar-refractivity contribution < 1.29 is 13.9 Å². The SMILES string of the molecule is Cc1cccc2nc3c(n12)N(Cc1ccc2c(c1)OCCO2)Nc1cccc(F)c1-3. The zero-order valence-corrected chi connectivity index (χ0v) is 16.4. The van der Waals surface area contributed by atoms with E-state index in [-0.39, 0.29) is 5.82 Å². The van der Waals surface area contributed by atoms with Gasteiger partial charge >= 0.3 is 0 Å². The van der Waals surface area contributed by atoms with Crippen molar-refractivity contribution in [1.29, 1.82) is 0 Å². The second-order valence-electron chi connectivity index (χ2n) is 7.48. The van der Waals surface area contributed by atoms with Gasteiger partial charge in [-0.25, -0.2) is 9.37 Å². The molecule has 0 fully saturated rings. The number of halogens is 1. The molecule has 0 atom stereocenters. The summed E-state index contributed by atoms with van der Waals surface area (Å²) in [4.78, 5) is 4.77. The Hall–Kier alpha value is -3.74. The summed E-state index contributed by atoms with van der Waals surface area (Å²) in [6.07, 6.45) is 0. The smallest absolute Gasteiger partial charge is 0.161 e. The molecule has 4 heterocycles. The van der Waals surface area contributed by atoms with Gasteiger partial charge in [-0.3, -0.25) is 14.8 Å². The van der Waals surface area contributed by atoms with Crippen LogP contribution < -0.4 is 19.9 Å². The van der Waals surface area contributed by atoms with Crippen LogP contribution in [-0.2, 0) is 6.54 Å². The fourth-order valence-corrected chi connectivity index (χ4v) is 4.19. The predicted octanol–water partition coefficient (Wildman–Crippen LogP) is 4.57. The third-order valence-corrected chi connectivity index (χ3v) is 5.52. The second-order valence-corrected chi connectivity index (χ2v) is 7.48. The number of pyridine rings is 1. The van der Waals surface area contributed by atoms with E-state index < -0.39 is 0 Å². The van der Waals surface area contributed by atoms with Crippen molar-refractivity contribution in [3.63, 3.8) is 0 Å². The van der Waals surface area contributed by atoms with Crippen LogP contribution in [0, 0.1) is 12.7 Å². The lowest BCUT2D eigenvalue weighted by Crippen LogP contribution is -2.34. The number of benzene rings is 2. The number of hydrazine groups is 1. The number of fused-ring (bicyclic) bond motifs is 6. The quantitative estimate of drug-likeness (QED) is 0.532. The minimum absolute atomic E-state index is 0.290. The highest BCUT2D eigenvalue weighted by Gasteiger charge is 2.30. The topological polar surface area (TPSA) is 51.0 Å². The fraction of sp³-hybridized carbons (Fsp3) is 0.174. The van der Waals surface area contributed by atoms with Crippen LogP contribution in [0.3, 0.4) is 0 Å². The second kappa shape index (κ2) is 6.38. The van der Waals surface area contributed by atoms with E-state index in [9.17, 15) is 4.39 Å². The van der Waals surface area contributed by atoms with E-state index in [1.807, 2.05) is 54.4 Å². The van der Waals surface area contributed by atoms with E-state index in [1.165, 1.54) is 6.07 Å². The number of imidazole rings is 1. The van der Waals surface area contributed by atoms with E-state index in [1.54, 1.807) is 6.07 Å². The van der Waals surface area contributed by atoms with Crippen molar-refractivity contribution in [2.75, 3.05) is 23.6 Å². The Balaban J connectivity index is 1.51. The highest BCUT2D eigenvalue weighted by Crippen LogP contribution is 2.43. The van der Waals surface area contributed by atoms with Gasteiger partial charge in [0.1, 0.15) is 30.4 Å². The van der Waals surface area contributed by atoms with Crippen LogP contribution in [0.2, 0.25) is 0 Å². The first kappa shape index (κ1) is 17.1. The maximum atomic E-state index is 14.8. The summed E-state index contributed by atoms with van der Waals surface area (Å²) in [7, 11) is 0. The lowest BCUT2D eigenvalue weighted by molar-refractivity contribution is 0.171. The van der Waals surface area contributed by atoms with Gasteiger partial charge in [0.15, 0.2) is 17.3 Å². The number of aryl methyl sites for hydroxylation is 1. The Labute approximate surface area is 172 Å². The Morgan fingerprint density at radius 1 is 1.03 bits per heavy atom. The summed E-state index contributed by atoms with van der Waals surface area (Å²) < 4.78 is 28.2. The lowest BCUT2D eigenvalue weighted by Gasteiger charge is -2.32. The van der Waals surface area contributed by atoms with Crippen LogP contribution >= 0.6 is 0 Å². The van der Waals surface area contributed by atoms with E-state index in [0.29, 0.717) is 36.7 Å². The zero-order valence-electron chi connectivity index (χ0n) is 16.4. The van der Waals surface area contributed by atoms with Crippen LogP contribution in [0.25, 0.3) is 16.9 Å². The monoisotopic (exact) mass is 402 g/mol. The van der Waals surface area contributed by atoms with Crippen LogP contribution in [0.15, 0.2) is 54.6 Å². The molecule has 6 rings (SSSR count). The standard InChI is InChI=1S/C23H19FN4O2/c1-14-4-2-7-20-25-22-21-16(24)5-3-6-17(21)26-27(23(22)28(14)20)13-15-8-9-18-19(12-15)30-11-10-29-18/h2-9,12,26H,10-11,13H2,1H3. The average Bonchev–Trinajstić information content (AvgIpc) is 3.15. The Kier molecular flexibility index (Phi) is 3.65. The molecule has 30 heavy (non-hydrogen) atoms. The number of nitrogens with one attached hydrogen (secondary N) is 1. The van der Waals surface area contributed by atoms with Crippen molar-refractivity contribution >= 4 is 17.2 Å². The molecule has 0 unspecified atom stereocenters. The van der Waals surface area contributed by atoms with Crippen LogP contribution in [0.1, 0.15) is 11.3 Å². The highest BCUT2D eigenvalue weighted by molar-refractivity contribution is 5.90. The molecule has 6 nitrogen and oxygen atoms in total. The van der Waals surface area contributed by atoms with Crippen molar-refractivity contribution in [1.82, 2.24) is 9.38 Å². The normalized spacial score (nSPS) is 14.3. The number of hydrogen-bond donors (Lipinski definition) is 1. The maximum Gasteiger partial charge on any atom is 0.161 e. The van der Waals surface area contributed by atoms with E-state index in [0.717, 1.165) is 34.2 Å². The number of aromatic nitrogens is 2. The molecule has 0 aliphatic carbocycles. The van der Waals surface area contributed by atoms with Gasteiger partial charge in [0, 0.05) is 5.69 Å². The van der Waals surface area contributed by atoms with Gasteiger partial charge < -0.3 is 9.47 Å². The maximum absolute atomic E-state index is 14.8. The van der Waals surface area contributed by atoms with Crippen molar-refractivity contribution in [3.05, 3.63) is 71.7 Å². The molecule has 0 saturated carbocycles. The Bertz CT molecular complexity index is 1300. The van der Waals surface area contributed by atoms with E-state index in [2.05, 4.69) is 9.83 Å². The number of rotatable bonds is 2. The molecule has 0 saturated heterocycles. The molecular weight excluding hydrogens is 383 g/mol. The first-order valence-electron chi connectivity index (χ1n) is 9.89. The van der Waals surface area contributed by atoms with Crippen LogP contribution in [0.4, 0.5) is 15.9 Å². The molecule has 2 aliphatic heterocycles. The van der Waals surface area contributed by atoms with Gasteiger partial charge in [-0.1, -0.05) is 18.2 Å². The molecule has 0 spiro atoms. The van der Waals surface area contributed by atoms with E-state index >= 15 is 0 Å². The van der Waals surface area contributed by atoms with Crippen LogP contribution in [-0.4, -0.2) is 22.6 Å². The first-order valence-corrected chi connectivity index (χ1v) is 9.89. The molecule has 150 valence electrons. The summed E-state index contributed by atoms with van der Waals surface area (Å²) in [6.45, 7) is 3.67. The van der Waals surface area contributed by atoms with Gasteiger partial charge in [-0.05, 0) is 48.9 Å². The largest absolute Gasteiger partial charge is 0.486 e. The summed E-state index contributed by atoms with van der Waals surface area (Å²) >= 11 is 0.